The molecule has 1 saturated heterocycles. The third kappa shape index (κ3) is 6.14. The van der Waals surface area contributed by atoms with Gasteiger partial charge in [0.1, 0.15) is 0 Å². The van der Waals surface area contributed by atoms with Gasteiger partial charge >= 0.3 is 42.8 Å². The van der Waals surface area contributed by atoms with E-state index >= 15 is 0 Å². The van der Waals surface area contributed by atoms with Crippen LogP contribution < -0.4 is 20.7 Å². The Labute approximate surface area is 255 Å². The largest absolute Gasteiger partial charge is 0.416 e. The topological polar surface area (TPSA) is 46.2 Å². The molecule has 1 fully saturated rings. The van der Waals surface area contributed by atoms with Gasteiger partial charge in [0.25, 0.3) is 0 Å². The first-order chi connectivity index (χ1) is 20.1. The quantitative estimate of drug-likeness (QED) is 0.281. The molecule has 216 valence electrons. The molecular weight excluding hydrogens is 605 g/mol. The summed E-state index contributed by atoms with van der Waals surface area (Å²) in [4.78, 5) is 0. The SMILES string of the molecule is C=C[Si]1(C=C)O[Si](C)(C)O[Si](C)(C)O[Si](c2ccccc2)(c2ccccc2)O[Si](c2ccccc2)(c2ccccc2)O1. The van der Waals surface area contributed by atoms with E-state index in [2.05, 4.69) is 74.8 Å². The van der Waals surface area contributed by atoms with Crippen LogP contribution in [0.3, 0.4) is 0 Å². The van der Waals surface area contributed by atoms with Gasteiger partial charge in [-0.3, -0.25) is 0 Å². The number of hydrogen-bond donors (Lipinski definition) is 0. The molecule has 0 amide bonds. The molecule has 0 radical (unpaired) electrons. The monoisotopic (exact) mass is 642 g/mol. The van der Waals surface area contributed by atoms with Gasteiger partial charge in [-0.05, 0) is 58.3 Å². The zero-order chi connectivity index (χ0) is 29.9. The Morgan fingerprint density at radius 1 is 0.405 bits per heavy atom. The molecule has 0 atom stereocenters. The van der Waals surface area contributed by atoms with Gasteiger partial charge in [0, 0.05) is 0 Å². The fraction of sp³-hybridized carbons (Fsp3) is 0.125. The number of hydrogen-bond acceptors (Lipinski definition) is 5. The summed E-state index contributed by atoms with van der Waals surface area (Å²) in [7, 11) is -16.3. The lowest BCUT2D eigenvalue weighted by Crippen LogP contribution is -2.80. The molecular formula is C32H38O5Si5. The Bertz CT molecular complexity index is 1410. The fourth-order valence-corrected chi connectivity index (χ4v) is 30.7. The van der Waals surface area contributed by atoms with Gasteiger partial charge in [-0.2, -0.15) is 0 Å². The van der Waals surface area contributed by atoms with E-state index in [9.17, 15) is 0 Å². The van der Waals surface area contributed by atoms with Crippen LogP contribution in [-0.2, 0) is 20.6 Å². The van der Waals surface area contributed by atoms with Crippen molar-refractivity contribution in [2.24, 2.45) is 0 Å². The van der Waals surface area contributed by atoms with Gasteiger partial charge in [-0.15, -0.1) is 13.2 Å². The van der Waals surface area contributed by atoms with Crippen LogP contribution in [0, 0.1) is 0 Å². The summed E-state index contributed by atoms with van der Waals surface area (Å²) in [5, 5.41) is 3.87. The summed E-state index contributed by atoms with van der Waals surface area (Å²) in [6.45, 7) is 16.7. The summed E-state index contributed by atoms with van der Waals surface area (Å²) in [6.07, 6.45) is 0. The maximum absolute atomic E-state index is 7.87. The van der Waals surface area contributed by atoms with Crippen LogP contribution in [0.2, 0.25) is 26.2 Å². The molecule has 0 spiro atoms. The summed E-state index contributed by atoms with van der Waals surface area (Å²) in [5.74, 6) is 0. The highest BCUT2D eigenvalue weighted by molar-refractivity contribution is 7.09. The molecule has 5 rings (SSSR count). The Hall–Kier alpha value is -2.76. The molecule has 1 aliphatic rings. The third-order valence-corrected chi connectivity index (χ3v) is 27.6. The minimum absolute atomic E-state index is 0.952. The zero-order valence-electron chi connectivity index (χ0n) is 24.7. The van der Waals surface area contributed by atoms with Crippen LogP contribution in [0.1, 0.15) is 0 Å². The van der Waals surface area contributed by atoms with E-state index in [1.165, 1.54) is 0 Å². The van der Waals surface area contributed by atoms with Crippen LogP contribution in [-0.4, -0.2) is 42.8 Å². The molecule has 0 bridgehead atoms. The number of rotatable bonds is 6. The molecule has 4 aromatic carbocycles. The van der Waals surface area contributed by atoms with Crippen molar-refractivity contribution in [3.8, 4) is 0 Å². The second-order valence-electron chi connectivity index (χ2n) is 11.1. The lowest BCUT2D eigenvalue weighted by molar-refractivity contribution is 0.255. The van der Waals surface area contributed by atoms with E-state index in [4.69, 9.17) is 20.6 Å². The summed E-state index contributed by atoms with van der Waals surface area (Å²) in [5.41, 5.74) is 3.61. The van der Waals surface area contributed by atoms with E-state index in [0.29, 0.717) is 0 Å². The molecule has 0 N–H and O–H groups in total. The van der Waals surface area contributed by atoms with Gasteiger partial charge in [-0.25, -0.2) is 0 Å². The standard InChI is InChI=1S/C32H38O5Si5/c1-7-40(8-2)34-38(3,4)33-39(5,6)35-41(29-21-13-9-14-22-29,30-23-15-10-16-24-30)37-42(36-40,31-25-17-11-18-26-31)32-27-19-12-20-28-32/h7-28H,1-2H2,3-6H3. The molecule has 4 aromatic rings. The van der Waals surface area contributed by atoms with Crippen molar-refractivity contribution in [3.63, 3.8) is 0 Å². The van der Waals surface area contributed by atoms with Crippen LogP contribution in [0.25, 0.3) is 0 Å². The first-order valence-electron chi connectivity index (χ1n) is 14.1. The summed E-state index contributed by atoms with van der Waals surface area (Å²) >= 11 is 0. The van der Waals surface area contributed by atoms with E-state index in [1.54, 1.807) is 11.4 Å². The average molecular weight is 643 g/mol. The molecule has 1 aliphatic heterocycles. The van der Waals surface area contributed by atoms with Crippen molar-refractivity contribution >= 4 is 63.6 Å². The van der Waals surface area contributed by atoms with Crippen molar-refractivity contribution < 1.29 is 20.6 Å². The summed E-state index contributed by atoms with van der Waals surface area (Å²) < 4.78 is 36.7. The Balaban J connectivity index is 1.94. The van der Waals surface area contributed by atoms with Crippen LogP contribution in [0.4, 0.5) is 0 Å². The highest BCUT2D eigenvalue weighted by atomic mass is 28.5. The smallest absolute Gasteiger partial charge is 0.390 e. The molecule has 0 aliphatic carbocycles. The first-order valence-corrected chi connectivity index (χ1v) is 25.3. The highest BCUT2D eigenvalue weighted by Crippen LogP contribution is 2.32. The molecule has 0 aromatic heterocycles. The minimum atomic E-state index is -3.66. The van der Waals surface area contributed by atoms with Crippen LogP contribution in [0.5, 0.6) is 0 Å². The van der Waals surface area contributed by atoms with Gasteiger partial charge in [-0.1, -0.05) is 121 Å². The first kappa shape index (κ1) is 30.7. The normalized spacial score (nSPS) is 20.6. The lowest BCUT2D eigenvalue weighted by Gasteiger charge is -2.50. The second kappa shape index (κ2) is 12.1. The molecule has 0 unspecified atom stereocenters. The van der Waals surface area contributed by atoms with Crippen molar-refractivity contribution in [1.82, 2.24) is 0 Å². The Morgan fingerprint density at radius 2 is 0.714 bits per heavy atom. The predicted octanol–water partition coefficient (Wildman–Crippen LogP) is 4.89. The van der Waals surface area contributed by atoms with Gasteiger partial charge in [0.05, 0.1) is 0 Å². The molecule has 42 heavy (non-hydrogen) atoms. The van der Waals surface area contributed by atoms with Crippen molar-refractivity contribution in [2.45, 2.75) is 26.2 Å². The maximum Gasteiger partial charge on any atom is 0.390 e. The fourth-order valence-electron chi connectivity index (χ4n) is 5.54. The molecule has 5 nitrogen and oxygen atoms in total. The van der Waals surface area contributed by atoms with Gasteiger partial charge in [0.2, 0.25) is 0 Å². The van der Waals surface area contributed by atoms with Crippen molar-refractivity contribution in [3.05, 3.63) is 146 Å². The third-order valence-electron chi connectivity index (χ3n) is 7.06. The van der Waals surface area contributed by atoms with E-state index in [-0.39, 0.29) is 0 Å². The van der Waals surface area contributed by atoms with E-state index in [1.807, 2.05) is 85.9 Å². The molecule has 1 heterocycles. The van der Waals surface area contributed by atoms with Crippen molar-refractivity contribution in [1.29, 1.82) is 0 Å². The lowest BCUT2D eigenvalue weighted by atomic mass is 10.4. The minimum Gasteiger partial charge on any atom is -0.416 e. The van der Waals surface area contributed by atoms with Crippen LogP contribution >= 0.6 is 0 Å². The van der Waals surface area contributed by atoms with Crippen molar-refractivity contribution in [2.75, 3.05) is 0 Å². The highest BCUT2D eigenvalue weighted by Gasteiger charge is 2.61. The van der Waals surface area contributed by atoms with E-state index < -0.39 is 42.8 Å². The average Bonchev–Trinajstić information content (AvgIpc) is 3.00. The molecule has 0 saturated carbocycles. The van der Waals surface area contributed by atoms with Gasteiger partial charge in [0.15, 0.2) is 0 Å². The second-order valence-corrected chi connectivity index (χ2v) is 27.9. The Morgan fingerprint density at radius 3 is 1.05 bits per heavy atom. The molecule has 10 heteroatoms. The number of benzene rings is 4. The summed E-state index contributed by atoms with van der Waals surface area (Å²) in [6, 6.07) is 41.1. The zero-order valence-corrected chi connectivity index (χ0v) is 29.7. The predicted molar refractivity (Wildman–Crippen MR) is 182 cm³/mol. The van der Waals surface area contributed by atoms with E-state index in [0.717, 1.165) is 20.7 Å². The Kier molecular flexibility index (Phi) is 8.83. The van der Waals surface area contributed by atoms with Crippen LogP contribution in [0.15, 0.2) is 146 Å². The maximum atomic E-state index is 7.87. The van der Waals surface area contributed by atoms with Gasteiger partial charge < -0.3 is 20.6 Å².